The molecule has 0 radical (unpaired) electrons. The third kappa shape index (κ3) is 3.62. The summed E-state index contributed by atoms with van der Waals surface area (Å²) < 4.78 is 20.9. The van der Waals surface area contributed by atoms with E-state index >= 15 is 0 Å². The Labute approximate surface area is 144 Å². The highest BCUT2D eigenvalue weighted by molar-refractivity contribution is 5.93. The summed E-state index contributed by atoms with van der Waals surface area (Å²) in [5.74, 6) is -1.19. The Hall–Kier alpha value is -2.51. The number of anilines is 1. The number of nitrogens with one attached hydrogen (secondary N) is 1. The van der Waals surface area contributed by atoms with Crippen LogP contribution in [0.3, 0.4) is 0 Å². The molecule has 0 saturated heterocycles. The van der Waals surface area contributed by atoms with Crippen LogP contribution in [0, 0.1) is 11.7 Å². The van der Waals surface area contributed by atoms with Gasteiger partial charge in [-0.25, -0.2) is 4.39 Å². The van der Waals surface area contributed by atoms with Crippen LogP contribution < -0.4 is 16.6 Å². The van der Waals surface area contributed by atoms with Crippen LogP contribution >= 0.6 is 0 Å². The number of aromatic nitrogens is 1. The molecule has 3 N–H and O–H groups in total. The molecule has 132 valence electrons. The number of ether oxygens (including phenoxy) is 1. The van der Waals surface area contributed by atoms with Gasteiger partial charge in [0.15, 0.2) is 0 Å². The van der Waals surface area contributed by atoms with Crippen molar-refractivity contribution in [2.45, 2.75) is 25.0 Å². The molecule has 0 spiro atoms. The number of nitrogens with zero attached hydrogens (tertiary/aromatic N) is 1. The van der Waals surface area contributed by atoms with Crippen LogP contribution in [0.5, 0.6) is 0 Å². The summed E-state index contributed by atoms with van der Waals surface area (Å²) in [6.07, 6.45) is 2.42. The zero-order valence-electron chi connectivity index (χ0n) is 13.8. The maximum atomic E-state index is 14.4. The van der Waals surface area contributed by atoms with E-state index in [1.165, 1.54) is 22.8 Å². The average molecular weight is 345 g/mol. The Balaban J connectivity index is 1.75. The monoisotopic (exact) mass is 345 g/mol. The number of amides is 1. The summed E-state index contributed by atoms with van der Waals surface area (Å²) in [7, 11) is 1.56. The molecule has 3 rings (SSSR count). The Morgan fingerprint density at radius 1 is 1.32 bits per heavy atom. The standard InChI is InChI=1S/C18H20FN3O3/c1-25-16-9-11(8-14(16)20)18(24)21-15-6-5-12(10-13(15)19)22-7-3-2-4-17(22)23/h2-7,10-11,14,16H,8-9,20H2,1H3,(H,21,24)/t11-,14+,16+/m1/s1. The fourth-order valence-electron chi connectivity index (χ4n) is 3.15. The molecule has 1 aromatic carbocycles. The molecule has 3 atom stereocenters. The molecule has 0 unspecified atom stereocenters. The molecule has 1 aromatic heterocycles. The van der Waals surface area contributed by atoms with Gasteiger partial charge >= 0.3 is 0 Å². The molecule has 1 fully saturated rings. The van der Waals surface area contributed by atoms with E-state index in [9.17, 15) is 14.0 Å². The van der Waals surface area contributed by atoms with E-state index < -0.39 is 5.82 Å². The van der Waals surface area contributed by atoms with Crippen molar-refractivity contribution < 1.29 is 13.9 Å². The van der Waals surface area contributed by atoms with Crippen molar-refractivity contribution in [3.8, 4) is 5.69 Å². The second kappa shape index (κ2) is 7.16. The van der Waals surface area contributed by atoms with Crippen LogP contribution in [-0.4, -0.2) is 29.7 Å². The van der Waals surface area contributed by atoms with Gasteiger partial charge in [0, 0.05) is 37.4 Å². The summed E-state index contributed by atoms with van der Waals surface area (Å²) in [5.41, 5.74) is 6.14. The Kier molecular flexibility index (Phi) is 4.96. The van der Waals surface area contributed by atoms with Gasteiger partial charge in [-0.3, -0.25) is 14.2 Å². The number of hydrogen-bond donors (Lipinski definition) is 2. The number of benzene rings is 1. The number of pyridine rings is 1. The van der Waals surface area contributed by atoms with Gasteiger partial charge in [-0.2, -0.15) is 0 Å². The predicted molar refractivity (Wildman–Crippen MR) is 92.1 cm³/mol. The van der Waals surface area contributed by atoms with E-state index in [1.807, 2.05) is 0 Å². The first kappa shape index (κ1) is 17.3. The Bertz CT molecular complexity index is 836. The van der Waals surface area contributed by atoms with Crippen molar-refractivity contribution in [1.82, 2.24) is 4.57 Å². The molecule has 1 heterocycles. The van der Waals surface area contributed by atoms with Crippen molar-refractivity contribution in [1.29, 1.82) is 0 Å². The smallest absolute Gasteiger partial charge is 0.255 e. The fourth-order valence-corrected chi connectivity index (χ4v) is 3.15. The van der Waals surface area contributed by atoms with E-state index in [1.54, 1.807) is 31.5 Å². The van der Waals surface area contributed by atoms with Crippen molar-refractivity contribution in [2.24, 2.45) is 11.7 Å². The number of carbonyl (C=O) groups excluding carboxylic acids is 1. The molecule has 1 amide bonds. The van der Waals surface area contributed by atoms with Gasteiger partial charge in [-0.05, 0) is 31.0 Å². The van der Waals surface area contributed by atoms with Crippen molar-refractivity contribution in [3.05, 3.63) is 58.8 Å². The van der Waals surface area contributed by atoms with Crippen LogP contribution in [0.15, 0.2) is 47.4 Å². The second-order valence-corrected chi connectivity index (χ2v) is 6.17. The SMILES string of the molecule is CO[C@H]1C[C@H](C(=O)Nc2ccc(-n3ccccc3=O)cc2F)C[C@@H]1N. The minimum absolute atomic E-state index is 0.0761. The van der Waals surface area contributed by atoms with Crippen LogP contribution in [0.4, 0.5) is 10.1 Å². The number of halogens is 1. The summed E-state index contributed by atoms with van der Waals surface area (Å²) in [4.78, 5) is 24.1. The molecular formula is C18H20FN3O3. The summed E-state index contributed by atoms with van der Waals surface area (Å²) >= 11 is 0. The van der Waals surface area contributed by atoms with Gasteiger partial charge in [0.05, 0.1) is 17.5 Å². The lowest BCUT2D eigenvalue weighted by Gasteiger charge is -2.13. The topological polar surface area (TPSA) is 86.3 Å². The third-order valence-electron chi connectivity index (χ3n) is 4.54. The lowest BCUT2D eigenvalue weighted by Crippen LogP contribution is -2.30. The van der Waals surface area contributed by atoms with Crippen molar-refractivity contribution in [3.63, 3.8) is 0 Å². The molecule has 1 aliphatic rings. The third-order valence-corrected chi connectivity index (χ3v) is 4.54. The maximum absolute atomic E-state index is 14.4. The Morgan fingerprint density at radius 2 is 2.12 bits per heavy atom. The summed E-state index contributed by atoms with van der Waals surface area (Å²) in [6, 6.07) is 8.74. The van der Waals surface area contributed by atoms with Crippen molar-refractivity contribution in [2.75, 3.05) is 12.4 Å². The van der Waals surface area contributed by atoms with Crippen LogP contribution in [0.1, 0.15) is 12.8 Å². The fraction of sp³-hybridized carbons (Fsp3) is 0.333. The van der Waals surface area contributed by atoms with Crippen LogP contribution in [0.2, 0.25) is 0 Å². The highest BCUT2D eigenvalue weighted by atomic mass is 19.1. The van der Waals surface area contributed by atoms with Crippen LogP contribution in [-0.2, 0) is 9.53 Å². The zero-order valence-corrected chi connectivity index (χ0v) is 13.8. The molecule has 2 aromatic rings. The molecular weight excluding hydrogens is 325 g/mol. The van der Waals surface area contributed by atoms with Crippen LogP contribution in [0.25, 0.3) is 5.69 Å². The van der Waals surface area contributed by atoms with Gasteiger partial charge in [-0.15, -0.1) is 0 Å². The van der Waals surface area contributed by atoms with E-state index in [4.69, 9.17) is 10.5 Å². The average Bonchev–Trinajstić information content (AvgIpc) is 2.98. The van der Waals surface area contributed by atoms with E-state index in [2.05, 4.69) is 5.32 Å². The van der Waals surface area contributed by atoms with Gasteiger partial charge in [0.2, 0.25) is 5.91 Å². The lowest BCUT2D eigenvalue weighted by molar-refractivity contribution is -0.120. The van der Waals surface area contributed by atoms with Gasteiger partial charge < -0.3 is 15.8 Å². The Morgan fingerprint density at radius 3 is 2.76 bits per heavy atom. The number of rotatable bonds is 4. The minimum Gasteiger partial charge on any atom is -0.380 e. The van der Waals surface area contributed by atoms with E-state index in [0.29, 0.717) is 18.5 Å². The highest BCUT2D eigenvalue weighted by Gasteiger charge is 2.36. The predicted octanol–water partition coefficient (Wildman–Crippen LogP) is 1.67. The van der Waals surface area contributed by atoms with Gasteiger partial charge in [-0.1, -0.05) is 6.07 Å². The number of nitrogens with two attached hydrogens (primary N) is 1. The van der Waals surface area contributed by atoms with E-state index in [-0.39, 0.29) is 35.2 Å². The first-order chi connectivity index (χ1) is 12.0. The molecule has 1 aliphatic carbocycles. The number of carbonyl (C=O) groups is 1. The number of hydrogen-bond acceptors (Lipinski definition) is 4. The van der Waals surface area contributed by atoms with Gasteiger partial charge in [0.1, 0.15) is 5.82 Å². The molecule has 1 saturated carbocycles. The minimum atomic E-state index is -0.604. The van der Waals surface area contributed by atoms with Gasteiger partial charge in [0.25, 0.3) is 5.56 Å². The summed E-state index contributed by atoms with van der Waals surface area (Å²) in [6.45, 7) is 0. The lowest BCUT2D eigenvalue weighted by atomic mass is 10.1. The normalized spacial score (nSPS) is 22.8. The number of methoxy groups -OCH3 is 1. The summed E-state index contributed by atoms with van der Waals surface area (Å²) in [5, 5.41) is 2.60. The molecule has 0 aliphatic heterocycles. The molecule has 7 heteroatoms. The zero-order chi connectivity index (χ0) is 18.0. The molecule has 0 bridgehead atoms. The molecule has 25 heavy (non-hydrogen) atoms. The quantitative estimate of drug-likeness (QED) is 0.882. The largest absolute Gasteiger partial charge is 0.380 e. The second-order valence-electron chi connectivity index (χ2n) is 6.17. The maximum Gasteiger partial charge on any atom is 0.255 e. The molecule has 6 nitrogen and oxygen atoms in total. The van der Waals surface area contributed by atoms with E-state index in [0.717, 1.165) is 0 Å². The first-order valence-corrected chi connectivity index (χ1v) is 8.06. The van der Waals surface area contributed by atoms with Crippen molar-refractivity contribution >= 4 is 11.6 Å². The highest BCUT2D eigenvalue weighted by Crippen LogP contribution is 2.28. The first-order valence-electron chi connectivity index (χ1n) is 8.06.